The minimum atomic E-state index is -0.417. The van der Waals surface area contributed by atoms with Crippen LogP contribution >= 0.6 is 11.3 Å². The highest BCUT2D eigenvalue weighted by Gasteiger charge is 2.49. The van der Waals surface area contributed by atoms with Gasteiger partial charge in [-0.05, 0) is 96.4 Å². The van der Waals surface area contributed by atoms with Crippen LogP contribution in [0.25, 0.3) is 22.6 Å². The van der Waals surface area contributed by atoms with E-state index in [1.807, 2.05) is 12.3 Å². The van der Waals surface area contributed by atoms with Gasteiger partial charge in [0.2, 0.25) is 0 Å². The molecule has 0 bridgehead atoms. The van der Waals surface area contributed by atoms with Gasteiger partial charge >= 0.3 is 0 Å². The quantitative estimate of drug-likeness (QED) is 0.227. The Morgan fingerprint density at radius 1 is 1.10 bits per heavy atom. The summed E-state index contributed by atoms with van der Waals surface area (Å²) in [4.78, 5) is 21.0. The van der Waals surface area contributed by atoms with Crippen molar-refractivity contribution in [3.05, 3.63) is 57.4 Å². The van der Waals surface area contributed by atoms with Gasteiger partial charge in [0, 0.05) is 34.8 Å². The first-order valence-electron chi connectivity index (χ1n) is 17.6. The predicted molar refractivity (Wildman–Crippen MR) is 189 cm³/mol. The zero-order valence-electron chi connectivity index (χ0n) is 28.0. The second-order valence-corrected chi connectivity index (χ2v) is 15.5. The molecule has 0 saturated carbocycles. The molecule has 252 valence electrons. The maximum Gasteiger partial charge on any atom is 0.186 e. The van der Waals surface area contributed by atoms with Crippen LogP contribution in [0.15, 0.2) is 29.0 Å². The van der Waals surface area contributed by atoms with Gasteiger partial charge in [-0.25, -0.2) is 19.6 Å². The molecular formula is C36H41N11OS. The van der Waals surface area contributed by atoms with Gasteiger partial charge < -0.3 is 25.8 Å². The minimum absolute atomic E-state index is 0.0324. The number of rotatable bonds is 5. The van der Waals surface area contributed by atoms with Gasteiger partial charge in [-0.1, -0.05) is 11.2 Å². The van der Waals surface area contributed by atoms with Crippen molar-refractivity contribution >= 4 is 39.0 Å². The molecule has 0 radical (unpaired) electrons. The van der Waals surface area contributed by atoms with Gasteiger partial charge in [0.25, 0.3) is 0 Å². The average molecular weight is 676 g/mol. The van der Waals surface area contributed by atoms with Crippen LogP contribution in [0.1, 0.15) is 103 Å². The molecule has 5 aromatic heterocycles. The molecule has 4 aliphatic rings. The number of nitriles is 1. The topological polar surface area (TPSA) is 165 Å². The smallest absolute Gasteiger partial charge is 0.186 e. The fraction of sp³-hybridized carbons (Fsp3) is 0.500. The normalized spacial score (nSPS) is 24.4. The number of hydrogen-bond acceptors (Lipinski definition) is 12. The summed E-state index contributed by atoms with van der Waals surface area (Å²) in [6.07, 6.45) is 13.4. The minimum Gasteiger partial charge on any atom is -0.389 e. The molecule has 0 aromatic carbocycles. The van der Waals surface area contributed by atoms with Crippen molar-refractivity contribution in [1.29, 1.82) is 5.26 Å². The number of anilines is 3. The summed E-state index contributed by atoms with van der Waals surface area (Å²) in [5.74, 6) is 2.78. The van der Waals surface area contributed by atoms with E-state index in [2.05, 4.69) is 45.6 Å². The molecule has 2 aliphatic heterocycles. The SMILES string of the molecule is C[C@@H]([C@@H]1CCCN1C)n1ncc2c(N3CCC[C@H]3c3cccnc3N)nc(-c3noc4c3CCC[C@@]43CCCc4sc(N)c(C#N)c43)nc21. The van der Waals surface area contributed by atoms with Crippen LogP contribution in [0.2, 0.25) is 0 Å². The van der Waals surface area contributed by atoms with Gasteiger partial charge in [-0.3, -0.25) is 0 Å². The first-order chi connectivity index (χ1) is 23.9. The first-order valence-corrected chi connectivity index (χ1v) is 18.4. The predicted octanol–water partition coefficient (Wildman–Crippen LogP) is 5.93. The summed E-state index contributed by atoms with van der Waals surface area (Å²) < 4.78 is 8.49. The molecule has 2 fully saturated rings. The van der Waals surface area contributed by atoms with E-state index < -0.39 is 5.41 Å². The molecule has 2 saturated heterocycles. The summed E-state index contributed by atoms with van der Waals surface area (Å²) in [5.41, 5.74) is 17.7. The highest BCUT2D eigenvalue weighted by molar-refractivity contribution is 7.16. The second kappa shape index (κ2) is 11.5. The van der Waals surface area contributed by atoms with Crippen LogP contribution in [-0.4, -0.2) is 61.0 Å². The number of nitrogens with two attached hydrogens (primary N) is 2. The number of thiophene rings is 1. The van der Waals surface area contributed by atoms with Gasteiger partial charge in [0.1, 0.15) is 22.7 Å². The molecule has 13 heteroatoms. The van der Waals surface area contributed by atoms with Gasteiger partial charge in [0.05, 0.1) is 34.6 Å². The van der Waals surface area contributed by atoms with Crippen LogP contribution in [0.5, 0.6) is 0 Å². The molecule has 4 atom stereocenters. The van der Waals surface area contributed by atoms with E-state index in [0.717, 1.165) is 110 Å². The van der Waals surface area contributed by atoms with Crippen LogP contribution in [-0.2, 0) is 18.3 Å². The van der Waals surface area contributed by atoms with Crippen LogP contribution in [0, 0.1) is 11.3 Å². The van der Waals surface area contributed by atoms with Gasteiger partial charge in [0.15, 0.2) is 22.9 Å². The molecule has 0 unspecified atom stereocenters. The van der Waals surface area contributed by atoms with E-state index in [4.69, 9.17) is 36.2 Å². The lowest BCUT2D eigenvalue weighted by Crippen LogP contribution is -2.35. The van der Waals surface area contributed by atoms with Crippen molar-refractivity contribution in [3.63, 3.8) is 0 Å². The number of fused-ring (bicyclic) bond motifs is 5. The Hall–Kier alpha value is -4.54. The fourth-order valence-electron chi connectivity index (χ4n) is 9.51. The number of aryl methyl sites for hydroxylation is 1. The highest BCUT2D eigenvalue weighted by Crippen LogP contribution is 2.55. The van der Waals surface area contributed by atoms with Crippen LogP contribution in [0.3, 0.4) is 0 Å². The number of nitrogens with zero attached hydrogens (tertiary/aromatic N) is 9. The molecule has 1 spiro atoms. The number of hydrogen-bond donors (Lipinski definition) is 2. The summed E-state index contributed by atoms with van der Waals surface area (Å²) >= 11 is 1.56. The third-order valence-corrected chi connectivity index (χ3v) is 12.9. The van der Waals surface area contributed by atoms with Crippen LogP contribution < -0.4 is 16.4 Å². The van der Waals surface area contributed by atoms with E-state index in [9.17, 15) is 5.26 Å². The Kier molecular flexibility index (Phi) is 7.18. The van der Waals surface area contributed by atoms with Crippen molar-refractivity contribution in [2.75, 3.05) is 36.5 Å². The average Bonchev–Trinajstić information content (AvgIpc) is 3.94. The third kappa shape index (κ3) is 4.53. The fourth-order valence-corrected chi connectivity index (χ4v) is 10.7. The molecule has 12 nitrogen and oxygen atoms in total. The Morgan fingerprint density at radius 3 is 2.73 bits per heavy atom. The second-order valence-electron chi connectivity index (χ2n) is 14.3. The molecule has 7 heterocycles. The van der Waals surface area contributed by atoms with E-state index in [1.165, 1.54) is 11.3 Å². The molecule has 49 heavy (non-hydrogen) atoms. The standard InChI is InChI=1S/C36H41N11OS/c1-20(25-10-6-16-45(25)2)47-35-24(19-41-47)34(46-17-7-11-26(46)21-9-5-15-40-31(21)38)42-33(43-35)29-22-8-3-13-36(30(22)48-44-29)14-4-12-27-28(36)23(18-37)32(39)49-27/h5,9,15,19-20,25-26H,3-4,6-8,10-14,16-17,39H2,1-2H3,(H2,38,40)/t20-,25-,26-,36-/m0/s1. The summed E-state index contributed by atoms with van der Waals surface area (Å²) in [5, 5.41) is 21.5. The molecule has 5 aromatic rings. The van der Waals surface area contributed by atoms with E-state index in [1.54, 1.807) is 17.5 Å². The lowest BCUT2D eigenvalue weighted by molar-refractivity contribution is 0.232. The lowest BCUT2D eigenvalue weighted by Gasteiger charge is -2.39. The first kappa shape index (κ1) is 30.5. The van der Waals surface area contributed by atoms with Crippen LogP contribution in [0.4, 0.5) is 16.6 Å². The van der Waals surface area contributed by atoms with E-state index >= 15 is 0 Å². The number of likely N-dealkylation sites (N-methyl/N-ethyl adjacent to an activating group) is 1. The number of pyridine rings is 1. The zero-order chi connectivity index (χ0) is 33.4. The molecular weight excluding hydrogens is 635 g/mol. The Labute approximate surface area is 289 Å². The van der Waals surface area contributed by atoms with Crippen molar-refractivity contribution in [2.45, 2.75) is 94.7 Å². The van der Waals surface area contributed by atoms with Gasteiger partial charge in [-0.15, -0.1) is 11.3 Å². The Bertz CT molecular complexity index is 2120. The Morgan fingerprint density at radius 2 is 1.94 bits per heavy atom. The third-order valence-electron chi connectivity index (χ3n) is 11.8. The van der Waals surface area contributed by atoms with Crippen molar-refractivity contribution < 1.29 is 4.52 Å². The molecule has 9 rings (SSSR count). The van der Waals surface area contributed by atoms with Gasteiger partial charge in [-0.2, -0.15) is 10.4 Å². The maximum atomic E-state index is 10.2. The molecule has 0 amide bonds. The van der Waals surface area contributed by atoms with E-state index in [0.29, 0.717) is 33.9 Å². The zero-order valence-corrected chi connectivity index (χ0v) is 28.8. The van der Waals surface area contributed by atoms with Crippen molar-refractivity contribution in [2.24, 2.45) is 0 Å². The molecule has 2 aliphatic carbocycles. The largest absolute Gasteiger partial charge is 0.389 e. The summed E-state index contributed by atoms with van der Waals surface area (Å²) in [6, 6.07) is 6.98. The monoisotopic (exact) mass is 675 g/mol. The summed E-state index contributed by atoms with van der Waals surface area (Å²) in [6.45, 7) is 4.16. The van der Waals surface area contributed by atoms with Crippen molar-refractivity contribution in [3.8, 4) is 17.6 Å². The highest BCUT2D eigenvalue weighted by atomic mass is 32.1. The maximum absolute atomic E-state index is 10.2. The molecule has 4 N–H and O–H groups in total. The Balaban J connectivity index is 1.22. The lowest BCUT2D eigenvalue weighted by atomic mass is 9.63. The van der Waals surface area contributed by atoms with Crippen molar-refractivity contribution in [1.82, 2.24) is 34.8 Å². The number of nitrogen functional groups attached to an aromatic ring is 2. The number of aromatic nitrogens is 6. The van der Waals surface area contributed by atoms with E-state index in [-0.39, 0.29) is 12.1 Å². The number of likely N-dealkylation sites (tertiary alicyclic amines) is 1. The summed E-state index contributed by atoms with van der Waals surface area (Å²) in [7, 11) is 2.20.